The van der Waals surface area contributed by atoms with E-state index in [0.29, 0.717) is 34.9 Å². The highest BCUT2D eigenvalue weighted by molar-refractivity contribution is 6.04. The molecular weight excluding hydrogens is 467 g/mol. The largest absolute Gasteiger partial charge is 0.317 e. The molecule has 0 spiro atoms. The van der Waals surface area contributed by atoms with Crippen molar-refractivity contribution in [2.24, 2.45) is 0 Å². The molecule has 0 fully saturated rings. The third-order valence-electron chi connectivity index (χ3n) is 5.68. The molecule has 0 aliphatic rings. The lowest BCUT2D eigenvalue weighted by Crippen LogP contribution is -2.18. The van der Waals surface area contributed by atoms with E-state index >= 15 is 0 Å². The molecule has 36 heavy (non-hydrogen) atoms. The molecule has 11 nitrogen and oxygen atoms in total. The molecule has 2 aromatic carbocycles. The van der Waals surface area contributed by atoms with Crippen LogP contribution in [-0.4, -0.2) is 40.2 Å². The first-order chi connectivity index (χ1) is 17.3. The van der Waals surface area contributed by atoms with Gasteiger partial charge in [0.1, 0.15) is 17.8 Å². The number of carbonyl (C=O) groups is 1. The summed E-state index contributed by atoms with van der Waals surface area (Å²) in [5.41, 5.74) is 3.35. The van der Waals surface area contributed by atoms with Crippen molar-refractivity contribution in [2.45, 2.75) is 20.4 Å². The highest BCUT2D eigenvalue weighted by atomic mass is 19.1. The molecule has 0 saturated carbocycles. The number of hydrogen-bond donors (Lipinski definition) is 1. The fraction of sp³-hybridized carbons (Fsp3) is 0.125. The van der Waals surface area contributed by atoms with Gasteiger partial charge in [-0.15, -0.1) is 0 Å². The molecule has 0 radical (unpaired) electrons. The fourth-order valence-electron chi connectivity index (χ4n) is 3.92. The van der Waals surface area contributed by atoms with Gasteiger partial charge in [0.2, 0.25) is 0 Å². The number of aromatic nitrogens is 6. The number of nitro benzene ring substituents is 1. The molecule has 1 amide bonds. The molecule has 5 rings (SSSR count). The minimum Gasteiger partial charge on any atom is -0.317 e. The van der Waals surface area contributed by atoms with E-state index in [2.05, 4.69) is 25.5 Å². The van der Waals surface area contributed by atoms with Crippen LogP contribution in [0, 0.1) is 29.8 Å². The van der Waals surface area contributed by atoms with Gasteiger partial charge >= 0.3 is 0 Å². The minimum atomic E-state index is -0.500. The van der Waals surface area contributed by atoms with Crippen molar-refractivity contribution < 1.29 is 14.1 Å². The molecular formula is C24H19FN8O3. The van der Waals surface area contributed by atoms with Crippen LogP contribution in [0.4, 0.5) is 15.8 Å². The summed E-state index contributed by atoms with van der Waals surface area (Å²) in [6, 6.07) is 13.7. The summed E-state index contributed by atoms with van der Waals surface area (Å²) in [5, 5.41) is 22.7. The number of nitro groups is 1. The average molecular weight is 486 g/mol. The lowest BCUT2D eigenvalue weighted by atomic mass is 10.1. The SMILES string of the molecule is Cc1nn(Cc2cccc(F)c2)c(C)c1NC(=O)c1cc(-c2cccc([N+](=O)[O-])c2)nc2ncnn12. The fourth-order valence-corrected chi connectivity index (χ4v) is 3.92. The van der Waals surface area contributed by atoms with Crippen molar-refractivity contribution in [3.8, 4) is 11.3 Å². The van der Waals surface area contributed by atoms with Crippen LogP contribution in [-0.2, 0) is 6.54 Å². The van der Waals surface area contributed by atoms with Crippen molar-refractivity contribution >= 4 is 23.1 Å². The Labute approximate surface area is 203 Å². The number of non-ortho nitro benzene ring substituents is 1. The Morgan fingerprint density at radius 1 is 1.14 bits per heavy atom. The second-order valence-corrected chi connectivity index (χ2v) is 8.09. The van der Waals surface area contributed by atoms with Crippen molar-refractivity contribution in [1.29, 1.82) is 0 Å². The van der Waals surface area contributed by atoms with Crippen molar-refractivity contribution in [1.82, 2.24) is 29.4 Å². The number of amides is 1. The molecule has 0 saturated heterocycles. The Morgan fingerprint density at radius 2 is 1.94 bits per heavy atom. The van der Waals surface area contributed by atoms with Gasteiger partial charge in [-0.3, -0.25) is 19.6 Å². The van der Waals surface area contributed by atoms with Crippen molar-refractivity contribution in [3.63, 3.8) is 0 Å². The van der Waals surface area contributed by atoms with E-state index in [1.165, 1.54) is 41.2 Å². The monoisotopic (exact) mass is 486 g/mol. The number of halogens is 1. The second-order valence-electron chi connectivity index (χ2n) is 8.09. The van der Waals surface area contributed by atoms with Gasteiger partial charge in [0, 0.05) is 17.7 Å². The maximum Gasteiger partial charge on any atom is 0.274 e. The highest BCUT2D eigenvalue weighted by Crippen LogP contribution is 2.25. The number of rotatable bonds is 6. The van der Waals surface area contributed by atoms with Crippen LogP contribution < -0.4 is 5.32 Å². The Hall–Kier alpha value is -5.00. The Morgan fingerprint density at radius 3 is 2.72 bits per heavy atom. The summed E-state index contributed by atoms with van der Waals surface area (Å²) < 4.78 is 16.6. The van der Waals surface area contributed by atoms with Crippen LogP contribution in [0.2, 0.25) is 0 Å². The van der Waals surface area contributed by atoms with E-state index in [4.69, 9.17) is 0 Å². The predicted molar refractivity (Wildman–Crippen MR) is 128 cm³/mol. The molecule has 0 unspecified atom stereocenters. The molecule has 0 atom stereocenters. The van der Waals surface area contributed by atoms with E-state index in [0.717, 1.165) is 5.56 Å². The minimum absolute atomic E-state index is 0.0985. The van der Waals surface area contributed by atoms with Gasteiger partial charge in [-0.2, -0.15) is 19.7 Å². The lowest BCUT2D eigenvalue weighted by molar-refractivity contribution is -0.384. The lowest BCUT2D eigenvalue weighted by Gasteiger charge is -2.10. The van der Waals surface area contributed by atoms with Gasteiger partial charge in [-0.05, 0) is 37.6 Å². The standard InChI is InChI=1S/C24H19FN8O3/c1-14-22(15(2)31(30-14)12-16-5-3-7-18(25)9-16)29-23(34)21-11-20(28-24-26-13-27-32(21)24)17-6-4-8-19(10-17)33(35)36/h3-11,13H,12H2,1-2H3,(H,29,34). The quantitative estimate of drug-likeness (QED) is 0.284. The van der Waals surface area contributed by atoms with Gasteiger partial charge in [-0.25, -0.2) is 9.37 Å². The zero-order chi connectivity index (χ0) is 25.4. The molecule has 1 N–H and O–H groups in total. The number of hydrogen-bond acceptors (Lipinski definition) is 7. The summed E-state index contributed by atoms with van der Waals surface area (Å²) in [4.78, 5) is 32.6. The molecule has 180 valence electrons. The Kier molecular flexibility index (Phi) is 5.68. The topological polar surface area (TPSA) is 133 Å². The summed E-state index contributed by atoms with van der Waals surface area (Å²) >= 11 is 0. The van der Waals surface area contributed by atoms with E-state index in [-0.39, 0.29) is 23.0 Å². The molecule has 0 aliphatic carbocycles. The third-order valence-corrected chi connectivity index (χ3v) is 5.68. The maximum atomic E-state index is 13.6. The van der Waals surface area contributed by atoms with E-state index in [1.807, 2.05) is 0 Å². The molecule has 5 aromatic rings. The van der Waals surface area contributed by atoms with E-state index in [1.54, 1.807) is 42.8 Å². The second kappa shape index (κ2) is 8.98. The van der Waals surface area contributed by atoms with Crippen LogP contribution >= 0.6 is 0 Å². The number of carbonyl (C=O) groups excluding carboxylic acids is 1. The predicted octanol–water partition coefficient (Wildman–Crippen LogP) is 3.95. The van der Waals surface area contributed by atoms with Crippen LogP contribution in [0.15, 0.2) is 60.9 Å². The zero-order valence-electron chi connectivity index (χ0n) is 19.2. The van der Waals surface area contributed by atoms with Gasteiger partial charge in [0.25, 0.3) is 17.4 Å². The molecule has 0 aliphatic heterocycles. The smallest absolute Gasteiger partial charge is 0.274 e. The van der Waals surface area contributed by atoms with Gasteiger partial charge in [0.05, 0.1) is 34.2 Å². The summed E-state index contributed by atoms with van der Waals surface area (Å²) in [6.45, 7) is 3.90. The summed E-state index contributed by atoms with van der Waals surface area (Å²) in [5.74, 6) is -0.660. The van der Waals surface area contributed by atoms with Gasteiger partial charge < -0.3 is 5.32 Å². The number of aryl methyl sites for hydroxylation is 1. The van der Waals surface area contributed by atoms with Gasteiger partial charge in [-0.1, -0.05) is 24.3 Å². The number of benzene rings is 2. The Balaban J connectivity index is 1.49. The third kappa shape index (κ3) is 4.27. The van der Waals surface area contributed by atoms with E-state index < -0.39 is 10.8 Å². The van der Waals surface area contributed by atoms with E-state index in [9.17, 15) is 19.3 Å². The first kappa shape index (κ1) is 22.8. The highest BCUT2D eigenvalue weighted by Gasteiger charge is 2.20. The number of nitrogens with zero attached hydrogens (tertiary/aromatic N) is 7. The first-order valence-corrected chi connectivity index (χ1v) is 10.9. The Bertz CT molecular complexity index is 1640. The number of fused-ring (bicyclic) bond motifs is 1. The molecule has 0 bridgehead atoms. The summed E-state index contributed by atoms with van der Waals surface area (Å²) in [6.07, 6.45) is 1.27. The van der Waals surface area contributed by atoms with Crippen LogP contribution in [0.1, 0.15) is 27.4 Å². The first-order valence-electron chi connectivity index (χ1n) is 10.9. The average Bonchev–Trinajstić information content (AvgIpc) is 3.43. The van der Waals surface area contributed by atoms with Crippen molar-refractivity contribution in [3.05, 3.63) is 99.5 Å². The van der Waals surface area contributed by atoms with Crippen LogP contribution in [0.25, 0.3) is 17.0 Å². The number of nitrogens with one attached hydrogen (secondary N) is 1. The van der Waals surface area contributed by atoms with Gasteiger partial charge in [0.15, 0.2) is 0 Å². The molecule has 3 aromatic heterocycles. The van der Waals surface area contributed by atoms with Crippen LogP contribution in [0.3, 0.4) is 0 Å². The van der Waals surface area contributed by atoms with Crippen LogP contribution in [0.5, 0.6) is 0 Å². The summed E-state index contributed by atoms with van der Waals surface area (Å²) in [7, 11) is 0. The molecule has 12 heteroatoms. The maximum absolute atomic E-state index is 13.6. The van der Waals surface area contributed by atoms with Crippen molar-refractivity contribution in [2.75, 3.05) is 5.32 Å². The normalized spacial score (nSPS) is 11.1. The molecule has 3 heterocycles. The number of anilines is 1. The zero-order valence-corrected chi connectivity index (χ0v) is 19.2.